The van der Waals surface area contributed by atoms with Crippen LogP contribution in [0.1, 0.15) is 0 Å². The molecule has 0 amide bonds. The summed E-state index contributed by atoms with van der Waals surface area (Å²) in [5.74, 6) is 0.432. The van der Waals surface area contributed by atoms with E-state index >= 15 is 0 Å². The summed E-state index contributed by atoms with van der Waals surface area (Å²) in [6, 6.07) is 13.3. The Morgan fingerprint density at radius 2 is 2.05 bits per heavy atom. The molecule has 0 fully saturated rings. The van der Waals surface area contributed by atoms with Gasteiger partial charge in [0.1, 0.15) is 0 Å². The highest BCUT2D eigenvalue weighted by molar-refractivity contribution is 6.30. The number of anilines is 2. The van der Waals surface area contributed by atoms with Gasteiger partial charge in [-0.15, -0.1) is 5.10 Å². The number of fused-ring (bicyclic) bond motifs is 1. The van der Waals surface area contributed by atoms with Crippen LogP contribution in [0.25, 0.3) is 22.5 Å². The maximum absolute atomic E-state index is 5.94. The lowest BCUT2D eigenvalue weighted by Crippen LogP contribution is -1.89. The zero-order chi connectivity index (χ0) is 14.9. The summed E-state index contributed by atoms with van der Waals surface area (Å²) < 4.78 is 5.63. The van der Waals surface area contributed by atoms with E-state index in [-0.39, 0.29) is 0 Å². The second-order valence-electron chi connectivity index (χ2n) is 4.68. The van der Waals surface area contributed by atoms with Crippen LogP contribution >= 0.6 is 11.6 Å². The molecule has 0 saturated carbocycles. The van der Waals surface area contributed by atoms with Gasteiger partial charge in [-0.1, -0.05) is 22.8 Å². The maximum Gasteiger partial charge on any atom is 0.320 e. The molecule has 2 heterocycles. The van der Waals surface area contributed by atoms with E-state index in [1.807, 2.05) is 30.3 Å². The first kappa shape index (κ1) is 12.8. The number of nitrogens with zero attached hydrogens (tertiary/aromatic N) is 3. The largest absolute Gasteiger partial charge is 0.403 e. The highest BCUT2D eigenvalue weighted by Gasteiger charge is 2.10. The van der Waals surface area contributed by atoms with E-state index in [2.05, 4.69) is 25.5 Å². The Hall–Kier alpha value is -2.86. The fourth-order valence-electron chi connectivity index (χ4n) is 2.15. The number of hydrogen-bond acceptors (Lipinski definition) is 5. The molecule has 0 bridgehead atoms. The van der Waals surface area contributed by atoms with Gasteiger partial charge < -0.3 is 14.7 Å². The summed E-state index contributed by atoms with van der Waals surface area (Å²) in [6.07, 6.45) is 1.65. The second-order valence-corrected chi connectivity index (χ2v) is 5.12. The van der Waals surface area contributed by atoms with Crippen molar-refractivity contribution in [3.63, 3.8) is 0 Å². The molecule has 7 heteroatoms. The Morgan fingerprint density at radius 3 is 2.95 bits per heavy atom. The van der Waals surface area contributed by atoms with Crippen LogP contribution in [0.3, 0.4) is 0 Å². The molecule has 4 rings (SSSR count). The van der Waals surface area contributed by atoms with Crippen molar-refractivity contribution in [3.05, 3.63) is 53.8 Å². The first-order valence-corrected chi connectivity index (χ1v) is 6.95. The lowest BCUT2D eigenvalue weighted by Gasteiger charge is -2.00. The minimum absolute atomic E-state index is 0.307. The van der Waals surface area contributed by atoms with Gasteiger partial charge in [0.15, 0.2) is 0 Å². The molecule has 0 aliphatic rings. The number of H-pyrrole nitrogens is 1. The molecule has 0 aliphatic carbocycles. The third-order valence-corrected chi connectivity index (χ3v) is 3.40. The van der Waals surface area contributed by atoms with Crippen molar-refractivity contribution < 1.29 is 4.42 Å². The number of hydrogen-bond donors (Lipinski definition) is 2. The standard InChI is InChI=1S/C15H10ClN5O/c16-10-2-1-3-11(7-10)19-15-21-20-14(22-15)9-4-5-12-13(6-9)18-8-17-12/h1-8H,(H,17,18)(H,19,21). The van der Waals surface area contributed by atoms with Crippen molar-refractivity contribution in [2.75, 3.05) is 5.32 Å². The van der Waals surface area contributed by atoms with E-state index in [4.69, 9.17) is 16.0 Å². The molecular weight excluding hydrogens is 302 g/mol. The molecule has 2 N–H and O–H groups in total. The number of benzene rings is 2. The van der Waals surface area contributed by atoms with E-state index in [9.17, 15) is 0 Å². The Morgan fingerprint density at radius 1 is 1.09 bits per heavy atom. The van der Waals surface area contributed by atoms with Crippen molar-refractivity contribution in [2.24, 2.45) is 0 Å². The molecule has 108 valence electrons. The molecule has 0 saturated heterocycles. The minimum atomic E-state index is 0.307. The number of halogens is 1. The monoisotopic (exact) mass is 311 g/mol. The quantitative estimate of drug-likeness (QED) is 0.597. The number of nitrogens with one attached hydrogen (secondary N) is 2. The Bertz CT molecular complexity index is 946. The average molecular weight is 312 g/mol. The SMILES string of the molecule is Clc1cccc(Nc2nnc(-c3ccc4nc[nH]c4c3)o2)c1. The van der Waals surface area contributed by atoms with Crippen molar-refractivity contribution in [1.29, 1.82) is 0 Å². The van der Waals surface area contributed by atoms with Crippen LogP contribution in [0.4, 0.5) is 11.7 Å². The number of aromatic nitrogens is 4. The molecule has 4 aromatic rings. The van der Waals surface area contributed by atoms with Crippen LogP contribution in [-0.2, 0) is 0 Å². The van der Waals surface area contributed by atoms with Gasteiger partial charge in [-0.25, -0.2) is 4.98 Å². The summed E-state index contributed by atoms with van der Waals surface area (Å²) in [5.41, 5.74) is 3.41. The molecule has 22 heavy (non-hydrogen) atoms. The maximum atomic E-state index is 5.94. The Kier molecular flexibility index (Phi) is 3.01. The second kappa shape index (κ2) is 5.16. The van der Waals surface area contributed by atoms with E-state index < -0.39 is 0 Å². The minimum Gasteiger partial charge on any atom is -0.403 e. The van der Waals surface area contributed by atoms with E-state index in [0.29, 0.717) is 16.9 Å². The van der Waals surface area contributed by atoms with Crippen LogP contribution in [-0.4, -0.2) is 20.2 Å². The highest BCUT2D eigenvalue weighted by atomic mass is 35.5. The lowest BCUT2D eigenvalue weighted by molar-refractivity contribution is 0.588. The van der Waals surface area contributed by atoms with Gasteiger partial charge in [-0.3, -0.25) is 0 Å². The summed E-state index contributed by atoms with van der Waals surface area (Å²) in [6.45, 7) is 0. The number of aromatic amines is 1. The number of rotatable bonds is 3. The third kappa shape index (κ3) is 2.40. The fourth-order valence-corrected chi connectivity index (χ4v) is 2.34. The zero-order valence-corrected chi connectivity index (χ0v) is 12.0. The Labute approximate surface area is 130 Å². The van der Waals surface area contributed by atoms with Crippen LogP contribution in [0.2, 0.25) is 5.02 Å². The molecule has 0 spiro atoms. The first-order chi connectivity index (χ1) is 10.8. The van der Waals surface area contributed by atoms with Crippen molar-refractivity contribution >= 4 is 34.3 Å². The third-order valence-electron chi connectivity index (χ3n) is 3.17. The van der Waals surface area contributed by atoms with E-state index in [1.54, 1.807) is 18.5 Å². The lowest BCUT2D eigenvalue weighted by atomic mass is 10.2. The predicted molar refractivity (Wildman–Crippen MR) is 84.1 cm³/mol. The van der Waals surface area contributed by atoms with Crippen molar-refractivity contribution in [1.82, 2.24) is 20.2 Å². The van der Waals surface area contributed by atoms with Crippen LogP contribution in [0.15, 0.2) is 53.2 Å². The average Bonchev–Trinajstić information content (AvgIpc) is 3.15. The van der Waals surface area contributed by atoms with Crippen LogP contribution in [0, 0.1) is 0 Å². The van der Waals surface area contributed by atoms with E-state index in [0.717, 1.165) is 22.3 Å². The highest BCUT2D eigenvalue weighted by Crippen LogP contribution is 2.25. The molecular formula is C15H10ClN5O. The molecule has 2 aromatic carbocycles. The summed E-state index contributed by atoms with van der Waals surface area (Å²) in [4.78, 5) is 7.23. The van der Waals surface area contributed by atoms with Gasteiger partial charge in [-0.2, -0.15) is 0 Å². The normalized spacial score (nSPS) is 11.0. The molecule has 0 atom stereocenters. The molecule has 0 unspecified atom stereocenters. The Balaban J connectivity index is 1.63. The first-order valence-electron chi connectivity index (χ1n) is 6.57. The fraction of sp³-hybridized carbons (Fsp3) is 0. The van der Waals surface area contributed by atoms with E-state index in [1.165, 1.54) is 0 Å². The molecule has 2 aromatic heterocycles. The molecule has 6 nitrogen and oxygen atoms in total. The van der Waals surface area contributed by atoms with Crippen LogP contribution in [0.5, 0.6) is 0 Å². The van der Waals surface area contributed by atoms with Gasteiger partial charge in [-0.05, 0) is 36.4 Å². The number of imidazole rings is 1. The zero-order valence-electron chi connectivity index (χ0n) is 11.2. The van der Waals surface area contributed by atoms with Gasteiger partial charge in [0, 0.05) is 16.3 Å². The van der Waals surface area contributed by atoms with Crippen molar-refractivity contribution in [3.8, 4) is 11.5 Å². The molecule has 0 aliphatic heterocycles. The van der Waals surface area contributed by atoms with Gasteiger partial charge in [0.2, 0.25) is 5.89 Å². The smallest absolute Gasteiger partial charge is 0.320 e. The van der Waals surface area contributed by atoms with Gasteiger partial charge >= 0.3 is 6.01 Å². The molecule has 0 radical (unpaired) electrons. The van der Waals surface area contributed by atoms with Crippen molar-refractivity contribution in [2.45, 2.75) is 0 Å². The van der Waals surface area contributed by atoms with Gasteiger partial charge in [0.05, 0.1) is 17.4 Å². The summed E-state index contributed by atoms with van der Waals surface area (Å²) >= 11 is 5.94. The summed E-state index contributed by atoms with van der Waals surface area (Å²) in [5, 5.41) is 11.7. The van der Waals surface area contributed by atoms with Gasteiger partial charge in [0.25, 0.3) is 0 Å². The summed E-state index contributed by atoms with van der Waals surface area (Å²) in [7, 11) is 0. The predicted octanol–water partition coefficient (Wildman–Crippen LogP) is 4.01. The topological polar surface area (TPSA) is 79.6 Å². The van der Waals surface area contributed by atoms with Crippen LogP contribution < -0.4 is 5.32 Å².